The van der Waals surface area contributed by atoms with E-state index in [4.69, 9.17) is 15.3 Å². The van der Waals surface area contributed by atoms with Crippen molar-refractivity contribution in [1.82, 2.24) is 0 Å². The molecule has 0 aromatic heterocycles. The van der Waals surface area contributed by atoms with E-state index in [1.54, 1.807) is 0 Å². The number of phenolic OH excluding ortho intramolecular Hbond substituents is 1. The largest absolute Gasteiger partial charge is 0.508 e. The van der Waals surface area contributed by atoms with E-state index in [-0.39, 0.29) is 0 Å². The molecule has 1 aromatic rings. The molecule has 0 atom stereocenters. The number of rotatable bonds is 4. The van der Waals surface area contributed by atoms with Gasteiger partial charge in [0.2, 0.25) is 0 Å². The van der Waals surface area contributed by atoms with Gasteiger partial charge in [0, 0.05) is 5.56 Å². The number of aliphatic hydroxyl groups is 1. The summed E-state index contributed by atoms with van der Waals surface area (Å²) in [5, 5.41) is 45.1. The van der Waals surface area contributed by atoms with Gasteiger partial charge in [-0.15, -0.1) is 0 Å². The Kier molecular flexibility index (Phi) is 3.24. The first-order valence-electron chi connectivity index (χ1n) is 4.47. The Hall–Kier alpha value is -2.61. The van der Waals surface area contributed by atoms with Crippen LogP contribution in [0.25, 0.3) is 0 Å². The molecule has 96 valence electrons. The highest BCUT2D eigenvalue weighted by Gasteiger charge is 2.48. The lowest BCUT2D eigenvalue weighted by Crippen LogP contribution is -2.43. The van der Waals surface area contributed by atoms with Gasteiger partial charge < -0.3 is 25.5 Å². The third-order valence-electron chi connectivity index (χ3n) is 2.25. The van der Waals surface area contributed by atoms with Gasteiger partial charge in [-0.2, -0.15) is 0 Å². The minimum atomic E-state index is -3.42. The lowest BCUT2D eigenvalue weighted by molar-refractivity contribution is -0.177. The van der Waals surface area contributed by atoms with E-state index >= 15 is 0 Å². The lowest BCUT2D eigenvalue weighted by atomic mass is 9.91. The third-order valence-corrected chi connectivity index (χ3v) is 2.25. The lowest BCUT2D eigenvalue weighted by Gasteiger charge is -2.20. The molecule has 8 nitrogen and oxygen atoms in total. The molecule has 0 aliphatic heterocycles. The standard InChI is InChI=1S/C10H8O8/c11-6-2-1-4(7(12)13)3-5(6)10(18,8(14)15)9(16)17/h1-3,11,18H,(H,12,13)(H,14,15)(H,16,17). The molecule has 8 heteroatoms. The maximum Gasteiger partial charge on any atom is 0.352 e. The molecular weight excluding hydrogens is 248 g/mol. The van der Waals surface area contributed by atoms with E-state index in [0.717, 1.165) is 12.1 Å². The Morgan fingerprint density at radius 1 is 1.00 bits per heavy atom. The Bertz CT molecular complexity index is 519. The first-order chi connectivity index (χ1) is 8.21. The highest BCUT2D eigenvalue weighted by molar-refractivity contribution is 6.03. The molecule has 0 bridgehead atoms. The number of hydrogen-bond donors (Lipinski definition) is 5. The summed E-state index contributed by atoms with van der Waals surface area (Å²) in [6.45, 7) is 0. The number of phenols is 1. The monoisotopic (exact) mass is 256 g/mol. The van der Waals surface area contributed by atoms with Gasteiger partial charge in [0.05, 0.1) is 5.56 Å². The molecule has 0 unspecified atom stereocenters. The summed E-state index contributed by atoms with van der Waals surface area (Å²) in [5.41, 5.74) is -4.82. The third kappa shape index (κ3) is 1.96. The molecule has 18 heavy (non-hydrogen) atoms. The minimum absolute atomic E-state index is 0.469. The second-order valence-electron chi connectivity index (χ2n) is 3.36. The molecule has 0 heterocycles. The summed E-state index contributed by atoms with van der Waals surface area (Å²) < 4.78 is 0. The fraction of sp³-hybridized carbons (Fsp3) is 0.100. The molecule has 1 aromatic carbocycles. The van der Waals surface area contributed by atoms with Gasteiger partial charge in [-0.05, 0) is 18.2 Å². The summed E-state index contributed by atoms with van der Waals surface area (Å²) >= 11 is 0. The van der Waals surface area contributed by atoms with Gasteiger partial charge in [0.1, 0.15) is 5.75 Å². The van der Waals surface area contributed by atoms with Crippen LogP contribution in [0, 0.1) is 0 Å². The van der Waals surface area contributed by atoms with Crippen molar-refractivity contribution in [3.8, 4) is 5.75 Å². The highest BCUT2D eigenvalue weighted by Crippen LogP contribution is 2.31. The van der Waals surface area contributed by atoms with Crippen LogP contribution in [0.15, 0.2) is 18.2 Å². The van der Waals surface area contributed by atoms with Crippen molar-refractivity contribution < 1.29 is 39.9 Å². The number of hydrogen-bond acceptors (Lipinski definition) is 5. The van der Waals surface area contributed by atoms with Crippen molar-refractivity contribution in [2.24, 2.45) is 0 Å². The molecular formula is C10H8O8. The van der Waals surface area contributed by atoms with Crippen LogP contribution < -0.4 is 0 Å². The maximum absolute atomic E-state index is 10.8. The molecule has 1 rings (SSSR count). The zero-order valence-corrected chi connectivity index (χ0v) is 8.69. The van der Waals surface area contributed by atoms with Crippen molar-refractivity contribution in [2.45, 2.75) is 5.60 Å². The van der Waals surface area contributed by atoms with E-state index in [1.165, 1.54) is 0 Å². The van der Waals surface area contributed by atoms with E-state index < -0.39 is 40.4 Å². The summed E-state index contributed by atoms with van der Waals surface area (Å²) in [4.78, 5) is 32.3. The van der Waals surface area contributed by atoms with Gasteiger partial charge in [-0.1, -0.05) is 0 Å². The van der Waals surface area contributed by atoms with Gasteiger partial charge >= 0.3 is 17.9 Å². The van der Waals surface area contributed by atoms with Crippen molar-refractivity contribution in [2.75, 3.05) is 0 Å². The number of carboxylic acids is 3. The molecule has 0 saturated carbocycles. The fourth-order valence-electron chi connectivity index (χ4n) is 1.28. The number of aromatic carboxylic acids is 1. The average Bonchev–Trinajstić information content (AvgIpc) is 2.27. The molecule has 0 aliphatic carbocycles. The minimum Gasteiger partial charge on any atom is -0.508 e. The Morgan fingerprint density at radius 2 is 1.50 bits per heavy atom. The molecule has 0 fully saturated rings. The van der Waals surface area contributed by atoms with Gasteiger partial charge in [-0.3, -0.25) is 0 Å². The molecule has 0 radical (unpaired) electrons. The first kappa shape index (κ1) is 13.5. The zero-order valence-electron chi connectivity index (χ0n) is 8.69. The average molecular weight is 256 g/mol. The number of benzene rings is 1. The molecule has 0 aliphatic rings. The van der Waals surface area contributed by atoms with Crippen molar-refractivity contribution in [3.05, 3.63) is 29.3 Å². The number of carboxylic acid groups (broad SMARTS) is 3. The van der Waals surface area contributed by atoms with E-state index in [1.807, 2.05) is 0 Å². The Balaban J connectivity index is 3.56. The summed E-state index contributed by atoms with van der Waals surface area (Å²) in [7, 11) is 0. The predicted molar refractivity (Wildman–Crippen MR) is 54.2 cm³/mol. The number of aromatic hydroxyl groups is 1. The quantitative estimate of drug-likeness (QED) is 0.449. The molecule has 0 amide bonds. The second kappa shape index (κ2) is 4.34. The normalized spacial score (nSPS) is 10.9. The first-order valence-corrected chi connectivity index (χ1v) is 4.47. The van der Waals surface area contributed by atoms with Crippen LogP contribution in [0.5, 0.6) is 5.75 Å². The van der Waals surface area contributed by atoms with Crippen LogP contribution in [0.2, 0.25) is 0 Å². The fourth-order valence-corrected chi connectivity index (χ4v) is 1.28. The van der Waals surface area contributed by atoms with Crippen LogP contribution in [-0.4, -0.2) is 43.4 Å². The molecule has 5 N–H and O–H groups in total. The van der Waals surface area contributed by atoms with Crippen LogP contribution in [0.4, 0.5) is 0 Å². The van der Waals surface area contributed by atoms with Gasteiger partial charge in [-0.25, -0.2) is 14.4 Å². The summed E-state index contributed by atoms with van der Waals surface area (Å²) in [5.74, 6) is -6.60. The number of carbonyl (C=O) groups is 3. The number of aliphatic carboxylic acids is 2. The Morgan fingerprint density at radius 3 is 1.89 bits per heavy atom. The summed E-state index contributed by atoms with van der Waals surface area (Å²) in [6.07, 6.45) is 0. The van der Waals surface area contributed by atoms with Crippen molar-refractivity contribution in [3.63, 3.8) is 0 Å². The second-order valence-corrected chi connectivity index (χ2v) is 3.36. The smallest absolute Gasteiger partial charge is 0.352 e. The topological polar surface area (TPSA) is 152 Å². The predicted octanol–water partition coefficient (Wildman–Crippen LogP) is -0.553. The van der Waals surface area contributed by atoms with E-state index in [9.17, 15) is 24.6 Å². The van der Waals surface area contributed by atoms with Crippen LogP contribution in [0.1, 0.15) is 15.9 Å². The Labute approximate surface area is 99.3 Å². The van der Waals surface area contributed by atoms with Crippen LogP contribution >= 0.6 is 0 Å². The highest BCUT2D eigenvalue weighted by atomic mass is 16.4. The molecule has 0 spiro atoms. The van der Waals surface area contributed by atoms with Gasteiger partial charge in [0.25, 0.3) is 5.60 Å². The van der Waals surface area contributed by atoms with E-state index in [2.05, 4.69) is 0 Å². The van der Waals surface area contributed by atoms with Crippen LogP contribution in [-0.2, 0) is 15.2 Å². The van der Waals surface area contributed by atoms with Crippen molar-refractivity contribution in [1.29, 1.82) is 0 Å². The van der Waals surface area contributed by atoms with E-state index in [0.29, 0.717) is 6.07 Å². The maximum atomic E-state index is 10.8. The van der Waals surface area contributed by atoms with Gasteiger partial charge in [0.15, 0.2) is 0 Å². The summed E-state index contributed by atoms with van der Waals surface area (Å²) in [6, 6.07) is 2.31. The van der Waals surface area contributed by atoms with Crippen LogP contribution in [0.3, 0.4) is 0 Å². The SMILES string of the molecule is O=C(O)c1ccc(O)c(C(O)(C(=O)O)C(=O)O)c1. The molecule has 0 saturated heterocycles. The van der Waals surface area contributed by atoms with Crippen molar-refractivity contribution >= 4 is 17.9 Å². The zero-order chi connectivity index (χ0) is 14.1.